The van der Waals surface area contributed by atoms with E-state index in [2.05, 4.69) is 37.1 Å². The van der Waals surface area contributed by atoms with Gasteiger partial charge in [-0.3, -0.25) is 4.79 Å². The number of likely N-dealkylation sites (tertiary alicyclic amines) is 2. The predicted octanol–water partition coefficient (Wildman–Crippen LogP) is 9.35. The quantitative estimate of drug-likeness (QED) is 0.148. The number of ether oxygens (including phenoxy) is 1. The number of hydrogen-bond donors (Lipinski definition) is 2. The number of amides is 2. The first-order chi connectivity index (χ1) is 28.3. The molecule has 8 rings (SSSR count). The fraction of sp³-hybridized carbons (Fsp3) is 0.286. The summed E-state index contributed by atoms with van der Waals surface area (Å²) in [6, 6.07) is 16.9. The molecule has 0 bridgehead atoms. The van der Waals surface area contributed by atoms with Gasteiger partial charge in [-0.1, -0.05) is 41.9 Å². The number of rotatable bonds is 7. The Kier molecular flexibility index (Phi) is 12.1. The van der Waals surface area contributed by atoms with Crippen LogP contribution in [0.5, 0.6) is 0 Å². The molecule has 304 valence electrons. The standard InChI is InChI=1S/C22H23ClFN5O2.C20H17ClFN5O/c1-22(2,3)31-21(30)29-10-9-13(11-29)15-7-8-17-19(27-15)20(26-12-25-17)28-16-6-4-5-14(23)18(16)24;1-2-17(28)27-9-8-12(10-27)14-6-7-16-19(25-14)20(24-11-23-16)26-15-5-3-4-13(21)18(15)22/h4-8,12-13H,9-11H2,1-3H3,(H,25,26,28);2-7,11-12H,1,8-10H2,(H,23,24,26)/t;12-/m.0/s1. The maximum atomic E-state index is 14.3. The van der Waals surface area contributed by atoms with Gasteiger partial charge in [0.15, 0.2) is 23.3 Å². The Morgan fingerprint density at radius 3 is 1.69 bits per heavy atom. The lowest BCUT2D eigenvalue weighted by atomic mass is 10.0. The fourth-order valence-electron chi connectivity index (χ4n) is 6.83. The van der Waals surface area contributed by atoms with Crippen LogP contribution < -0.4 is 10.6 Å². The van der Waals surface area contributed by atoms with Crippen molar-refractivity contribution in [1.82, 2.24) is 39.7 Å². The van der Waals surface area contributed by atoms with Crippen LogP contribution in [0.15, 0.2) is 86.0 Å². The van der Waals surface area contributed by atoms with Gasteiger partial charge in [-0.15, -0.1) is 0 Å². The molecule has 2 amide bonds. The maximum absolute atomic E-state index is 14.3. The number of nitrogens with zero attached hydrogens (tertiary/aromatic N) is 8. The SMILES string of the molecule is C=CC(=O)N1CC[C@H](c2ccc3ncnc(Nc4cccc(Cl)c4F)c3n2)C1.CC(C)(C)OC(=O)N1CCC(c2ccc3ncnc(Nc4cccc(Cl)c4F)c3n2)C1. The molecule has 2 N–H and O–H groups in total. The molecule has 0 saturated carbocycles. The van der Waals surface area contributed by atoms with Crippen molar-refractivity contribution in [2.24, 2.45) is 0 Å². The van der Waals surface area contributed by atoms with Crippen molar-refractivity contribution in [1.29, 1.82) is 0 Å². The van der Waals surface area contributed by atoms with E-state index in [1.54, 1.807) is 34.1 Å². The number of halogens is 4. The van der Waals surface area contributed by atoms with Gasteiger partial charge < -0.3 is 25.2 Å². The first-order valence-electron chi connectivity index (χ1n) is 18.8. The maximum Gasteiger partial charge on any atom is 0.410 e. The van der Waals surface area contributed by atoms with Crippen molar-refractivity contribution in [3.63, 3.8) is 0 Å². The van der Waals surface area contributed by atoms with E-state index in [9.17, 15) is 18.4 Å². The molecule has 6 aromatic rings. The second kappa shape index (κ2) is 17.4. The highest BCUT2D eigenvalue weighted by atomic mass is 35.5. The summed E-state index contributed by atoms with van der Waals surface area (Å²) in [6.45, 7) is 11.5. The summed E-state index contributed by atoms with van der Waals surface area (Å²) in [5.41, 5.74) is 3.87. The van der Waals surface area contributed by atoms with Gasteiger partial charge in [0.1, 0.15) is 29.3 Å². The van der Waals surface area contributed by atoms with Crippen LogP contribution in [0.2, 0.25) is 10.0 Å². The van der Waals surface area contributed by atoms with E-state index in [4.69, 9.17) is 37.9 Å². The Bertz CT molecular complexity index is 2560. The van der Waals surface area contributed by atoms with Gasteiger partial charge in [0.2, 0.25) is 5.91 Å². The molecule has 2 saturated heterocycles. The van der Waals surface area contributed by atoms with E-state index < -0.39 is 17.2 Å². The Morgan fingerprint density at radius 1 is 0.746 bits per heavy atom. The summed E-state index contributed by atoms with van der Waals surface area (Å²) in [7, 11) is 0. The average molecular weight is 842 g/mol. The van der Waals surface area contributed by atoms with E-state index >= 15 is 0 Å². The van der Waals surface area contributed by atoms with E-state index in [-0.39, 0.29) is 45.3 Å². The number of fused-ring (bicyclic) bond motifs is 2. The van der Waals surface area contributed by atoms with Crippen molar-refractivity contribution in [2.45, 2.75) is 51.0 Å². The highest BCUT2D eigenvalue weighted by molar-refractivity contribution is 6.31. The zero-order chi connectivity index (χ0) is 41.8. The second-order valence-corrected chi connectivity index (χ2v) is 15.8. The van der Waals surface area contributed by atoms with Crippen molar-refractivity contribution < 1.29 is 23.1 Å². The third-order valence-electron chi connectivity index (χ3n) is 9.77. The van der Waals surface area contributed by atoms with Crippen LogP contribution in [0.1, 0.15) is 56.8 Å². The number of nitrogens with one attached hydrogen (secondary N) is 2. The average Bonchev–Trinajstić information content (AvgIpc) is 3.93. The largest absolute Gasteiger partial charge is 0.444 e. The first-order valence-corrected chi connectivity index (χ1v) is 19.6. The Labute approximate surface area is 348 Å². The third kappa shape index (κ3) is 9.47. The summed E-state index contributed by atoms with van der Waals surface area (Å²) in [4.78, 5) is 54.1. The van der Waals surface area contributed by atoms with Gasteiger partial charge in [-0.25, -0.2) is 43.5 Å². The number of carbonyl (C=O) groups is 2. The smallest absolute Gasteiger partial charge is 0.410 e. The van der Waals surface area contributed by atoms with Crippen LogP contribution in [0, 0.1) is 11.6 Å². The van der Waals surface area contributed by atoms with Gasteiger partial charge in [0.05, 0.1) is 32.5 Å². The minimum Gasteiger partial charge on any atom is -0.444 e. The molecule has 4 aromatic heterocycles. The van der Waals surface area contributed by atoms with Gasteiger partial charge in [-0.05, 0) is 88.2 Å². The monoisotopic (exact) mass is 840 g/mol. The molecular weight excluding hydrogens is 801 g/mol. The number of pyridine rings is 2. The summed E-state index contributed by atoms with van der Waals surface area (Å²) in [6.07, 6.45) is 5.39. The number of benzene rings is 2. The van der Waals surface area contributed by atoms with E-state index in [0.29, 0.717) is 59.9 Å². The van der Waals surface area contributed by atoms with E-state index in [1.807, 2.05) is 45.0 Å². The number of anilines is 4. The fourth-order valence-corrected chi connectivity index (χ4v) is 7.18. The lowest BCUT2D eigenvalue weighted by Gasteiger charge is -2.24. The Balaban J connectivity index is 0.000000180. The lowest BCUT2D eigenvalue weighted by Crippen LogP contribution is -2.35. The van der Waals surface area contributed by atoms with Gasteiger partial charge in [-0.2, -0.15) is 0 Å². The lowest BCUT2D eigenvalue weighted by molar-refractivity contribution is -0.125. The van der Waals surface area contributed by atoms with E-state index in [0.717, 1.165) is 24.2 Å². The molecule has 59 heavy (non-hydrogen) atoms. The predicted molar refractivity (Wildman–Crippen MR) is 223 cm³/mol. The Morgan fingerprint density at radius 2 is 1.22 bits per heavy atom. The molecule has 2 aliphatic heterocycles. The van der Waals surface area contributed by atoms with Gasteiger partial charge in [0.25, 0.3) is 0 Å². The molecule has 17 heteroatoms. The summed E-state index contributed by atoms with van der Waals surface area (Å²) >= 11 is 11.7. The number of hydrogen-bond acceptors (Lipinski definition) is 11. The summed E-state index contributed by atoms with van der Waals surface area (Å²) in [5.74, 6) is -0.236. The molecule has 13 nitrogen and oxygen atoms in total. The van der Waals surface area contributed by atoms with Crippen LogP contribution in [0.3, 0.4) is 0 Å². The molecule has 2 atom stereocenters. The molecular formula is C42H40Cl2F2N10O3. The second-order valence-electron chi connectivity index (χ2n) is 15.0. The first kappa shape index (κ1) is 41.1. The highest BCUT2D eigenvalue weighted by Crippen LogP contribution is 2.33. The zero-order valence-electron chi connectivity index (χ0n) is 32.4. The molecule has 0 radical (unpaired) electrons. The normalized spacial score (nSPS) is 16.5. The molecule has 6 heterocycles. The zero-order valence-corrected chi connectivity index (χ0v) is 33.9. The molecule has 0 spiro atoms. The van der Waals surface area contributed by atoms with Crippen molar-refractivity contribution in [3.05, 3.63) is 119 Å². The van der Waals surface area contributed by atoms with Gasteiger partial charge in [0, 0.05) is 49.4 Å². The third-order valence-corrected chi connectivity index (χ3v) is 10.4. The summed E-state index contributed by atoms with van der Waals surface area (Å²) in [5, 5.41) is 5.97. The summed E-state index contributed by atoms with van der Waals surface area (Å²) < 4.78 is 34.1. The van der Waals surface area contributed by atoms with Crippen molar-refractivity contribution in [3.8, 4) is 0 Å². The van der Waals surface area contributed by atoms with Crippen LogP contribution >= 0.6 is 23.2 Å². The van der Waals surface area contributed by atoms with Crippen LogP contribution in [0.4, 0.5) is 36.6 Å². The van der Waals surface area contributed by atoms with Gasteiger partial charge >= 0.3 is 6.09 Å². The molecule has 0 aliphatic carbocycles. The minimum absolute atomic E-state index is 0.0187. The van der Waals surface area contributed by atoms with Crippen LogP contribution in [-0.2, 0) is 9.53 Å². The minimum atomic E-state index is -0.559. The molecule has 2 aliphatic rings. The van der Waals surface area contributed by atoms with Crippen LogP contribution in [0.25, 0.3) is 22.1 Å². The molecule has 2 aromatic carbocycles. The number of aromatic nitrogens is 6. The Hall–Kier alpha value is -6.06. The topological polar surface area (TPSA) is 151 Å². The van der Waals surface area contributed by atoms with E-state index in [1.165, 1.54) is 30.9 Å². The molecule has 1 unspecified atom stereocenters. The molecule has 2 fully saturated rings. The van der Waals surface area contributed by atoms with Crippen molar-refractivity contribution in [2.75, 3.05) is 36.8 Å². The van der Waals surface area contributed by atoms with Crippen molar-refractivity contribution >= 4 is 80.3 Å². The van der Waals surface area contributed by atoms with Crippen LogP contribution in [-0.4, -0.2) is 83.5 Å². The highest BCUT2D eigenvalue weighted by Gasteiger charge is 2.32. The number of carbonyl (C=O) groups excluding carboxylic acids is 2.